The molecule has 0 aromatic heterocycles. The highest BCUT2D eigenvalue weighted by molar-refractivity contribution is 6.33. The van der Waals surface area contributed by atoms with Crippen LogP contribution in [0.2, 0.25) is 5.02 Å². The van der Waals surface area contributed by atoms with E-state index in [-0.39, 0.29) is 10.7 Å². The molecule has 0 radical (unpaired) electrons. The molecule has 0 aliphatic carbocycles. The number of rotatable bonds is 10. The van der Waals surface area contributed by atoms with Crippen molar-refractivity contribution in [3.8, 4) is 5.75 Å². The fraction of sp³-hybridized carbons (Fsp3) is 0.381. The fourth-order valence-corrected chi connectivity index (χ4v) is 2.81. The first-order valence-corrected chi connectivity index (χ1v) is 9.83. The number of amides is 2. The normalized spacial score (nSPS) is 10.6. The van der Waals surface area contributed by atoms with Crippen LogP contribution in [0, 0.1) is 11.6 Å². The van der Waals surface area contributed by atoms with E-state index in [0.717, 1.165) is 30.7 Å². The van der Waals surface area contributed by atoms with Gasteiger partial charge in [0, 0.05) is 11.8 Å². The Bertz CT molecular complexity index is 770. The van der Waals surface area contributed by atoms with Gasteiger partial charge in [0.2, 0.25) is 0 Å². The number of urea groups is 1. The molecule has 7 heteroatoms. The predicted octanol–water partition coefficient (Wildman–Crippen LogP) is 7.00. The molecule has 0 bridgehead atoms. The molecule has 2 aromatic carbocycles. The van der Waals surface area contributed by atoms with E-state index in [0.29, 0.717) is 12.3 Å². The Labute approximate surface area is 169 Å². The summed E-state index contributed by atoms with van der Waals surface area (Å²) in [4.78, 5) is 12.0. The summed E-state index contributed by atoms with van der Waals surface area (Å²) in [6, 6.07) is 7.94. The van der Waals surface area contributed by atoms with Crippen LogP contribution >= 0.6 is 11.6 Å². The van der Waals surface area contributed by atoms with Gasteiger partial charge in [-0.3, -0.25) is 0 Å². The van der Waals surface area contributed by atoms with Crippen LogP contribution < -0.4 is 15.4 Å². The lowest BCUT2D eigenvalue weighted by Gasteiger charge is -2.10. The number of halogens is 3. The second kappa shape index (κ2) is 11.5. The van der Waals surface area contributed by atoms with Crippen molar-refractivity contribution in [2.75, 3.05) is 17.2 Å². The van der Waals surface area contributed by atoms with Crippen molar-refractivity contribution in [3.05, 3.63) is 53.1 Å². The zero-order valence-electron chi connectivity index (χ0n) is 15.9. The Morgan fingerprint density at radius 3 is 2.32 bits per heavy atom. The highest BCUT2D eigenvalue weighted by Gasteiger charge is 2.11. The third-order valence-electron chi connectivity index (χ3n) is 4.14. The molecule has 0 heterocycles. The molecule has 0 aliphatic heterocycles. The van der Waals surface area contributed by atoms with E-state index in [1.165, 1.54) is 25.7 Å². The number of hydrogen-bond donors (Lipinski definition) is 2. The van der Waals surface area contributed by atoms with E-state index in [1.54, 1.807) is 24.3 Å². The Balaban J connectivity index is 1.76. The van der Waals surface area contributed by atoms with Crippen LogP contribution in [0.15, 0.2) is 36.4 Å². The van der Waals surface area contributed by atoms with Gasteiger partial charge in [-0.2, -0.15) is 0 Å². The quantitative estimate of drug-likeness (QED) is 0.327. The Kier molecular flexibility index (Phi) is 9.01. The van der Waals surface area contributed by atoms with Gasteiger partial charge < -0.3 is 15.4 Å². The van der Waals surface area contributed by atoms with Crippen LogP contribution in [0.4, 0.5) is 25.0 Å². The third kappa shape index (κ3) is 7.35. The molecule has 0 atom stereocenters. The lowest BCUT2D eigenvalue weighted by atomic mass is 10.1. The van der Waals surface area contributed by atoms with Crippen LogP contribution in [0.3, 0.4) is 0 Å². The monoisotopic (exact) mass is 410 g/mol. The number of ether oxygens (including phenoxy) is 1. The van der Waals surface area contributed by atoms with Crippen molar-refractivity contribution in [3.63, 3.8) is 0 Å². The van der Waals surface area contributed by atoms with Gasteiger partial charge >= 0.3 is 6.03 Å². The maximum atomic E-state index is 13.3. The molecule has 2 aromatic rings. The summed E-state index contributed by atoms with van der Waals surface area (Å²) >= 11 is 5.80. The van der Waals surface area contributed by atoms with Gasteiger partial charge in [0.25, 0.3) is 0 Å². The smallest absolute Gasteiger partial charge is 0.323 e. The maximum Gasteiger partial charge on any atom is 0.323 e. The number of benzene rings is 2. The van der Waals surface area contributed by atoms with Gasteiger partial charge in [0.1, 0.15) is 5.75 Å². The minimum Gasteiger partial charge on any atom is -0.494 e. The number of carbonyl (C=O) groups is 1. The fourth-order valence-electron chi connectivity index (χ4n) is 2.61. The first-order chi connectivity index (χ1) is 13.5. The third-order valence-corrected chi connectivity index (χ3v) is 4.45. The molecule has 4 nitrogen and oxygen atoms in total. The van der Waals surface area contributed by atoms with Gasteiger partial charge in [-0.25, -0.2) is 13.6 Å². The van der Waals surface area contributed by atoms with E-state index in [4.69, 9.17) is 16.3 Å². The number of unbranched alkanes of at least 4 members (excludes halogenated alkanes) is 5. The molecule has 152 valence electrons. The molecule has 2 rings (SSSR count). The Morgan fingerprint density at radius 2 is 1.61 bits per heavy atom. The van der Waals surface area contributed by atoms with Crippen molar-refractivity contribution in [2.24, 2.45) is 0 Å². The number of hydrogen-bond acceptors (Lipinski definition) is 2. The maximum absolute atomic E-state index is 13.3. The molecule has 0 spiro atoms. The molecule has 0 aliphatic rings. The average molecular weight is 411 g/mol. The molecular weight excluding hydrogens is 386 g/mol. The van der Waals surface area contributed by atoms with Crippen molar-refractivity contribution in [1.82, 2.24) is 0 Å². The molecule has 28 heavy (non-hydrogen) atoms. The summed E-state index contributed by atoms with van der Waals surface area (Å²) < 4.78 is 32.0. The van der Waals surface area contributed by atoms with Crippen LogP contribution in [-0.2, 0) is 0 Å². The van der Waals surface area contributed by atoms with Crippen molar-refractivity contribution < 1.29 is 18.3 Å². The summed E-state index contributed by atoms with van der Waals surface area (Å²) in [6.45, 7) is 2.86. The molecule has 0 saturated heterocycles. The average Bonchev–Trinajstić information content (AvgIpc) is 2.66. The highest BCUT2D eigenvalue weighted by atomic mass is 35.5. The summed E-state index contributed by atoms with van der Waals surface area (Å²) in [5.41, 5.74) is 0.514. The molecular formula is C21H25ClF2N2O2. The van der Waals surface area contributed by atoms with Crippen LogP contribution in [0.1, 0.15) is 45.4 Å². The van der Waals surface area contributed by atoms with Crippen molar-refractivity contribution in [1.29, 1.82) is 0 Å². The number of anilines is 2. The largest absolute Gasteiger partial charge is 0.494 e. The summed E-state index contributed by atoms with van der Waals surface area (Å²) in [5.74, 6) is -1.44. The second-order valence-corrected chi connectivity index (χ2v) is 6.87. The Morgan fingerprint density at radius 1 is 0.964 bits per heavy atom. The molecule has 2 N–H and O–H groups in total. The molecule has 0 saturated carbocycles. The topological polar surface area (TPSA) is 50.4 Å². The van der Waals surface area contributed by atoms with Crippen molar-refractivity contribution in [2.45, 2.75) is 45.4 Å². The minimum absolute atomic E-state index is 0.0167. The molecule has 0 unspecified atom stereocenters. The highest BCUT2D eigenvalue weighted by Crippen LogP contribution is 2.25. The van der Waals surface area contributed by atoms with Crippen LogP contribution in [-0.4, -0.2) is 12.6 Å². The molecule has 2 amide bonds. The lowest BCUT2D eigenvalue weighted by Crippen LogP contribution is -2.19. The first kappa shape index (κ1) is 22.0. The predicted molar refractivity (Wildman–Crippen MR) is 109 cm³/mol. The zero-order valence-corrected chi connectivity index (χ0v) is 16.6. The minimum atomic E-state index is -1.09. The SMILES string of the molecule is CCCCCCCCOc1ccc(NC(=O)Nc2cc(F)c(F)cc2Cl)cc1. The van der Waals surface area contributed by atoms with E-state index in [2.05, 4.69) is 17.6 Å². The van der Waals surface area contributed by atoms with E-state index in [1.807, 2.05) is 0 Å². The van der Waals surface area contributed by atoms with Crippen LogP contribution in [0.25, 0.3) is 0 Å². The summed E-state index contributed by atoms with van der Waals surface area (Å²) in [5, 5.41) is 4.89. The van der Waals surface area contributed by atoms with E-state index >= 15 is 0 Å². The summed E-state index contributed by atoms with van der Waals surface area (Å²) in [7, 11) is 0. The van der Waals surface area contributed by atoms with Gasteiger partial charge in [-0.1, -0.05) is 50.6 Å². The number of nitrogens with one attached hydrogen (secondary N) is 2. The van der Waals surface area contributed by atoms with E-state index < -0.39 is 17.7 Å². The van der Waals surface area contributed by atoms with Gasteiger partial charge in [0.15, 0.2) is 11.6 Å². The Hall–Kier alpha value is -2.34. The zero-order chi connectivity index (χ0) is 20.4. The van der Waals surface area contributed by atoms with Crippen molar-refractivity contribution >= 4 is 29.0 Å². The van der Waals surface area contributed by atoms with Crippen LogP contribution in [0.5, 0.6) is 5.75 Å². The summed E-state index contributed by atoms with van der Waals surface area (Å²) in [6.07, 6.45) is 7.20. The standard InChI is InChI=1S/C21H25ClF2N2O2/c1-2-3-4-5-6-7-12-28-16-10-8-15(9-11-16)25-21(27)26-20-14-19(24)18(23)13-17(20)22/h8-11,13-14H,2-7,12H2,1H3,(H2,25,26,27). The lowest BCUT2D eigenvalue weighted by molar-refractivity contribution is 0.262. The van der Waals surface area contributed by atoms with Gasteiger partial charge in [-0.15, -0.1) is 0 Å². The first-order valence-electron chi connectivity index (χ1n) is 9.45. The molecule has 0 fully saturated rings. The van der Waals surface area contributed by atoms with E-state index in [9.17, 15) is 13.6 Å². The number of carbonyl (C=O) groups excluding carboxylic acids is 1. The van der Waals surface area contributed by atoms with Gasteiger partial charge in [-0.05, 0) is 36.8 Å². The second-order valence-electron chi connectivity index (χ2n) is 6.47. The van der Waals surface area contributed by atoms with Gasteiger partial charge in [0.05, 0.1) is 17.3 Å².